The van der Waals surface area contributed by atoms with Crippen molar-refractivity contribution >= 4 is 113 Å². The lowest BCUT2D eigenvalue weighted by molar-refractivity contribution is 0.590. The Balaban J connectivity index is 1.20. The number of nitrogens with zero attached hydrogens (tertiary/aromatic N) is 3. The second-order valence-corrected chi connectivity index (χ2v) is 34.7. The molecule has 0 fully saturated rings. The van der Waals surface area contributed by atoms with E-state index in [2.05, 4.69) is 400 Å². The van der Waals surface area contributed by atoms with Crippen molar-refractivity contribution in [1.82, 2.24) is 0 Å². The summed E-state index contributed by atoms with van der Waals surface area (Å²) < 4.78 is 1.21. The molecule has 1 aromatic heterocycles. The van der Waals surface area contributed by atoms with Crippen LogP contribution in [0.5, 0.6) is 0 Å². The van der Waals surface area contributed by atoms with Crippen LogP contribution in [0.4, 0.5) is 51.2 Å². The van der Waals surface area contributed by atoms with E-state index >= 15 is 0 Å². The van der Waals surface area contributed by atoms with Gasteiger partial charge in [-0.3, -0.25) is 0 Å². The zero-order valence-corrected chi connectivity index (χ0v) is 60.1. The lowest BCUT2D eigenvalue weighted by Gasteiger charge is -2.38. The maximum absolute atomic E-state index is 8.95. The summed E-state index contributed by atoms with van der Waals surface area (Å²) in [5.41, 5.74) is 17.9. The molecule has 0 saturated heterocycles. The van der Waals surface area contributed by atoms with E-state index in [1.165, 1.54) is 53.1 Å². The molecule has 0 aliphatic carbocycles. The van der Waals surface area contributed by atoms with Crippen LogP contribution in [0.1, 0.15) is 105 Å². The average molecular weight is 1310 g/mol. The van der Waals surface area contributed by atoms with E-state index in [1.807, 2.05) is 0 Å². The largest absolute Gasteiger partial charge is 0.310 e. The number of halogens is 1. The molecule has 478 valence electrons. The number of para-hydroxylation sites is 1. The maximum atomic E-state index is 8.95. The summed E-state index contributed by atoms with van der Waals surface area (Å²) in [6.45, 7) is 27.6. The molecular formula is C90H86ClN3SSi. The Labute approximate surface area is 580 Å². The fourth-order valence-corrected chi connectivity index (χ4v) is 19.6. The zero-order valence-electron chi connectivity index (χ0n) is 57.5. The van der Waals surface area contributed by atoms with Crippen molar-refractivity contribution in [2.24, 2.45) is 0 Å². The topological polar surface area (TPSA) is 9.72 Å². The Morgan fingerprint density at radius 2 is 0.667 bits per heavy atom. The predicted molar refractivity (Wildman–Crippen MR) is 420 cm³/mol. The SMILES string of the molecule is CC(C)(C)c1ccc(N(c2cccc(N(c3ccc(C(C)(C)C)cc3-c3ccccc3)c3cc([Si](c4ccccc4)(c4ccccc4)c4ccccc4)cc(N(c4ccc(C(C)(C)C)cc4)c4csc5ccc(C(C)(C)C)cc45)c3Cl)c2)c2ccccc2-c2ccccc2)cc1. The van der Waals surface area contributed by atoms with Crippen LogP contribution in [0.15, 0.2) is 303 Å². The summed E-state index contributed by atoms with van der Waals surface area (Å²) in [6.07, 6.45) is 0. The first-order valence-electron chi connectivity index (χ1n) is 33.7. The Morgan fingerprint density at radius 3 is 1.16 bits per heavy atom. The first-order chi connectivity index (χ1) is 46.1. The van der Waals surface area contributed by atoms with E-state index in [9.17, 15) is 0 Å². The van der Waals surface area contributed by atoms with Gasteiger partial charge in [-0.05, 0) is 161 Å². The van der Waals surface area contributed by atoms with Crippen molar-refractivity contribution in [1.29, 1.82) is 0 Å². The van der Waals surface area contributed by atoms with E-state index < -0.39 is 8.07 Å². The van der Waals surface area contributed by atoms with Crippen molar-refractivity contribution < 1.29 is 0 Å². The van der Waals surface area contributed by atoms with E-state index in [-0.39, 0.29) is 21.7 Å². The molecule has 0 amide bonds. The van der Waals surface area contributed by atoms with Crippen molar-refractivity contribution in [2.75, 3.05) is 14.7 Å². The van der Waals surface area contributed by atoms with E-state index in [0.717, 1.165) is 73.4 Å². The molecule has 6 heteroatoms. The van der Waals surface area contributed by atoms with Crippen molar-refractivity contribution in [3.63, 3.8) is 0 Å². The number of hydrogen-bond acceptors (Lipinski definition) is 4. The Kier molecular flexibility index (Phi) is 17.8. The zero-order chi connectivity index (χ0) is 67.2. The van der Waals surface area contributed by atoms with Gasteiger partial charge in [0.15, 0.2) is 8.07 Å². The molecular weight excluding hydrogens is 1220 g/mol. The van der Waals surface area contributed by atoms with Crippen molar-refractivity contribution in [3.8, 4) is 22.3 Å². The van der Waals surface area contributed by atoms with E-state index in [4.69, 9.17) is 11.6 Å². The highest BCUT2D eigenvalue weighted by molar-refractivity contribution is 7.20. The number of benzene rings is 12. The van der Waals surface area contributed by atoms with Crippen LogP contribution in [-0.4, -0.2) is 8.07 Å². The molecule has 13 aromatic rings. The predicted octanol–water partition coefficient (Wildman–Crippen LogP) is 23.9. The van der Waals surface area contributed by atoms with Gasteiger partial charge in [-0.1, -0.05) is 307 Å². The van der Waals surface area contributed by atoms with Gasteiger partial charge in [-0.25, -0.2) is 0 Å². The monoisotopic (exact) mass is 1300 g/mol. The van der Waals surface area contributed by atoms with Crippen molar-refractivity contribution in [2.45, 2.75) is 105 Å². The van der Waals surface area contributed by atoms with Gasteiger partial charge >= 0.3 is 0 Å². The minimum absolute atomic E-state index is 0.0449. The third-order valence-electron chi connectivity index (χ3n) is 19.0. The summed E-state index contributed by atoms with van der Waals surface area (Å²) in [4.78, 5) is 7.41. The van der Waals surface area contributed by atoms with Crippen LogP contribution in [0.25, 0.3) is 32.3 Å². The molecule has 0 bridgehead atoms. The maximum Gasteiger partial charge on any atom is 0.179 e. The normalized spacial score (nSPS) is 12.2. The smallest absolute Gasteiger partial charge is 0.179 e. The van der Waals surface area contributed by atoms with Gasteiger partial charge in [0.25, 0.3) is 0 Å². The summed E-state index contributed by atoms with van der Waals surface area (Å²) in [5.74, 6) is 0. The van der Waals surface area contributed by atoms with Gasteiger partial charge in [-0.2, -0.15) is 0 Å². The number of hydrogen-bond donors (Lipinski definition) is 0. The minimum Gasteiger partial charge on any atom is -0.310 e. The quantitative estimate of drug-likeness (QED) is 0.0748. The highest BCUT2D eigenvalue weighted by atomic mass is 35.5. The second-order valence-electron chi connectivity index (χ2n) is 29.6. The molecule has 96 heavy (non-hydrogen) atoms. The fourth-order valence-electron chi connectivity index (χ4n) is 13.7. The summed E-state index contributed by atoms with van der Waals surface area (Å²) in [6, 6.07) is 111. The third-order valence-corrected chi connectivity index (χ3v) is 25.1. The molecule has 0 aliphatic heterocycles. The lowest BCUT2D eigenvalue weighted by atomic mass is 9.84. The number of anilines is 9. The van der Waals surface area contributed by atoms with Crippen LogP contribution in [-0.2, 0) is 21.7 Å². The first-order valence-corrected chi connectivity index (χ1v) is 36.9. The molecule has 1 heterocycles. The van der Waals surface area contributed by atoms with Gasteiger partial charge in [0.1, 0.15) is 0 Å². The summed E-state index contributed by atoms with van der Waals surface area (Å²) in [5, 5.41) is 9.09. The molecule has 0 N–H and O–H groups in total. The van der Waals surface area contributed by atoms with Crippen LogP contribution < -0.4 is 35.4 Å². The van der Waals surface area contributed by atoms with Crippen molar-refractivity contribution in [3.05, 3.63) is 330 Å². The highest BCUT2D eigenvalue weighted by Crippen LogP contribution is 2.53. The Bertz CT molecular complexity index is 4750. The number of rotatable bonds is 15. The average Bonchev–Trinajstić information content (AvgIpc) is 0.990. The van der Waals surface area contributed by atoms with E-state index in [1.54, 1.807) is 11.3 Å². The van der Waals surface area contributed by atoms with Gasteiger partial charge in [-0.15, -0.1) is 11.3 Å². The second kappa shape index (κ2) is 26.3. The van der Waals surface area contributed by atoms with Gasteiger partial charge < -0.3 is 14.7 Å². The molecule has 0 saturated carbocycles. The summed E-state index contributed by atoms with van der Waals surface area (Å²) >= 11 is 10.7. The molecule has 0 spiro atoms. The number of fused-ring (bicyclic) bond motifs is 1. The molecule has 0 unspecified atom stereocenters. The van der Waals surface area contributed by atoms with Crippen LogP contribution in [0, 0.1) is 0 Å². The van der Waals surface area contributed by atoms with Gasteiger partial charge in [0.05, 0.1) is 33.5 Å². The minimum atomic E-state index is -3.39. The molecule has 12 aromatic carbocycles. The fraction of sp³-hybridized carbons (Fsp3) is 0.178. The van der Waals surface area contributed by atoms with Gasteiger partial charge in [0.2, 0.25) is 0 Å². The molecule has 0 atom stereocenters. The molecule has 0 radical (unpaired) electrons. The standard InChI is InChI=1S/C90H86ClN3SSi/c1-87(2,3)65-45-51-69(52-46-65)92(80-44-29-28-43-77(80)63-31-18-13-19-32-63)71-35-30-36-72(59-71)94(81-55-49-67(89(7,8)9)57-78(81)64-33-20-14-21-34-64)83-61-76(96(73-37-22-15-23-38-73,74-39-24-16-25-40-74)75-41-26-17-27-42-75)60-82(86(83)91)93(70-53-47-66(48-54-70)88(4,5)6)84-62-95-85-56-50-68(58-79(84)85)90(10,11)12/h13-62H,1-12H3. The van der Waals surface area contributed by atoms with Gasteiger partial charge in [0, 0.05) is 49.3 Å². The Hall–Kier alpha value is -9.49. The molecule has 3 nitrogen and oxygen atoms in total. The molecule has 0 aliphatic rings. The Morgan fingerprint density at radius 1 is 0.281 bits per heavy atom. The van der Waals surface area contributed by atoms with Crippen LogP contribution in [0.3, 0.4) is 0 Å². The van der Waals surface area contributed by atoms with Crippen LogP contribution >= 0.6 is 22.9 Å². The lowest BCUT2D eigenvalue weighted by Crippen LogP contribution is -2.74. The number of thiophene rings is 1. The van der Waals surface area contributed by atoms with E-state index in [0.29, 0.717) is 5.02 Å². The highest BCUT2D eigenvalue weighted by Gasteiger charge is 2.43. The molecule has 13 rings (SSSR count). The van der Waals surface area contributed by atoms with Crippen LogP contribution in [0.2, 0.25) is 5.02 Å². The first kappa shape index (κ1) is 65.2. The third kappa shape index (κ3) is 12.8. The summed E-state index contributed by atoms with van der Waals surface area (Å²) in [7, 11) is -3.39.